The molecule has 0 aromatic heterocycles. The molecule has 2 aromatic rings. The first-order valence-electron chi connectivity index (χ1n) is 6.42. The van der Waals surface area contributed by atoms with Crippen molar-refractivity contribution in [1.29, 1.82) is 0 Å². The molecule has 0 saturated heterocycles. The molecule has 0 aliphatic carbocycles. The summed E-state index contributed by atoms with van der Waals surface area (Å²) in [5.74, 6) is 0.534. The third-order valence-corrected chi connectivity index (χ3v) is 3.21. The first-order chi connectivity index (χ1) is 8.60. The van der Waals surface area contributed by atoms with Crippen LogP contribution in [0, 0.1) is 6.92 Å². The molecule has 0 atom stereocenters. The summed E-state index contributed by atoms with van der Waals surface area (Å²) in [6, 6.07) is 14.9. The van der Waals surface area contributed by atoms with E-state index in [9.17, 15) is 5.11 Å². The lowest BCUT2D eigenvalue weighted by Gasteiger charge is -2.10. The van der Waals surface area contributed by atoms with E-state index >= 15 is 0 Å². The number of aliphatic hydroxyl groups excluding tert-OH is 1. The van der Waals surface area contributed by atoms with Gasteiger partial charge in [0.25, 0.3) is 0 Å². The average Bonchev–Trinajstić information content (AvgIpc) is 2.38. The van der Waals surface area contributed by atoms with Crippen LogP contribution in [-0.4, -0.2) is 5.11 Å². The molecule has 94 valence electrons. The summed E-state index contributed by atoms with van der Waals surface area (Å²) in [4.78, 5) is 0. The molecule has 18 heavy (non-hydrogen) atoms. The first-order valence-corrected chi connectivity index (χ1v) is 6.42. The maximum Gasteiger partial charge on any atom is 0.0682 e. The molecule has 0 radical (unpaired) electrons. The van der Waals surface area contributed by atoms with Crippen LogP contribution in [-0.2, 0) is 6.61 Å². The Labute approximate surface area is 109 Å². The van der Waals surface area contributed by atoms with Crippen molar-refractivity contribution < 1.29 is 5.11 Å². The molecule has 1 heteroatoms. The quantitative estimate of drug-likeness (QED) is 0.849. The maximum atomic E-state index is 9.28. The maximum absolute atomic E-state index is 9.28. The molecular weight excluding hydrogens is 220 g/mol. The molecule has 0 bridgehead atoms. The predicted octanol–water partition coefficient (Wildman–Crippen LogP) is 4.28. The van der Waals surface area contributed by atoms with Gasteiger partial charge in [0.15, 0.2) is 0 Å². The highest BCUT2D eigenvalue weighted by Gasteiger charge is 2.04. The second kappa shape index (κ2) is 5.36. The van der Waals surface area contributed by atoms with Crippen LogP contribution in [0.4, 0.5) is 0 Å². The minimum Gasteiger partial charge on any atom is -0.392 e. The number of benzene rings is 2. The van der Waals surface area contributed by atoms with E-state index in [0.29, 0.717) is 5.92 Å². The van der Waals surface area contributed by atoms with Gasteiger partial charge in [-0.15, -0.1) is 0 Å². The van der Waals surface area contributed by atoms with Gasteiger partial charge >= 0.3 is 0 Å². The lowest BCUT2D eigenvalue weighted by molar-refractivity contribution is 0.282. The zero-order valence-corrected chi connectivity index (χ0v) is 11.3. The van der Waals surface area contributed by atoms with Gasteiger partial charge < -0.3 is 5.11 Å². The van der Waals surface area contributed by atoms with Crippen molar-refractivity contribution in [1.82, 2.24) is 0 Å². The van der Waals surface area contributed by atoms with E-state index in [-0.39, 0.29) is 6.61 Å². The Kier molecular flexibility index (Phi) is 3.83. The van der Waals surface area contributed by atoms with Crippen molar-refractivity contribution in [2.45, 2.75) is 33.3 Å². The van der Waals surface area contributed by atoms with Crippen LogP contribution in [0.25, 0.3) is 11.1 Å². The number of rotatable bonds is 3. The van der Waals surface area contributed by atoms with E-state index in [1.54, 1.807) is 0 Å². The molecule has 1 nitrogen and oxygen atoms in total. The number of aliphatic hydroxyl groups is 1. The molecule has 0 aliphatic rings. The van der Waals surface area contributed by atoms with Crippen LogP contribution >= 0.6 is 0 Å². The predicted molar refractivity (Wildman–Crippen MR) is 76.6 cm³/mol. The Morgan fingerprint density at radius 3 is 2.44 bits per heavy atom. The molecule has 0 unspecified atom stereocenters. The molecule has 0 amide bonds. The SMILES string of the molecule is Cc1cc(CO)cc(-c2cccc(C(C)C)c2)c1. The molecule has 2 rings (SSSR count). The van der Waals surface area contributed by atoms with Gasteiger partial charge in [-0.3, -0.25) is 0 Å². The molecule has 0 saturated carbocycles. The van der Waals surface area contributed by atoms with Crippen molar-refractivity contribution in [3.05, 3.63) is 59.2 Å². The fourth-order valence-corrected chi connectivity index (χ4v) is 2.20. The summed E-state index contributed by atoms with van der Waals surface area (Å²) in [5, 5.41) is 9.28. The minimum absolute atomic E-state index is 0.0958. The summed E-state index contributed by atoms with van der Waals surface area (Å²) >= 11 is 0. The molecule has 0 heterocycles. The lowest BCUT2D eigenvalue weighted by atomic mass is 9.95. The van der Waals surface area contributed by atoms with Crippen LogP contribution in [0.1, 0.15) is 36.5 Å². The third-order valence-electron chi connectivity index (χ3n) is 3.21. The van der Waals surface area contributed by atoms with Crippen molar-refractivity contribution in [3.63, 3.8) is 0 Å². The van der Waals surface area contributed by atoms with Gasteiger partial charge in [-0.2, -0.15) is 0 Å². The molecular formula is C17H20O. The monoisotopic (exact) mass is 240 g/mol. The van der Waals surface area contributed by atoms with Gasteiger partial charge in [0, 0.05) is 0 Å². The van der Waals surface area contributed by atoms with E-state index in [4.69, 9.17) is 0 Å². The second-order valence-electron chi connectivity index (χ2n) is 5.15. The molecule has 0 fully saturated rings. The highest BCUT2D eigenvalue weighted by atomic mass is 16.3. The van der Waals surface area contributed by atoms with E-state index in [0.717, 1.165) is 5.56 Å². The normalized spacial score (nSPS) is 10.9. The van der Waals surface area contributed by atoms with E-state index < -0.39 is 0 Å². The van der Waals surface area contributed by atoms with Gasteiger partial charge in [0.1, 0.15) is 0 Å². The summed E-state index contributed by atoms with van der Waals surface area (Å²) in [6.07, 6.45) is 0. The zero-order valence-electron chi connectivity index (χ0n) is 11.3. The minimum atomic E-state index is 0.0958. The van der Waals surface area contributed by atoms with E-state index in [1.807, 2.05) is 6.07 Å². The zero-order chi connectivity index (χ0) is 13.1. The summed E-state index contributed by atoms with van der Waals surface area (Å²) in [6.45, 7) is 6.57. The standard InChI is InChI=1S/C17H20O/c1-12(2)15-5-4-6-16(10-15)17-8-13(3)7-14(9-17)11-18/h4-10,12,18H,11H2,1-3H3. The highest BCUT2D eigenvalue weighted by molar-refractivity contribution is 5.66. The summed E-state index contributed by atoms with van der Waals surface area (Å²) in [7, 11) is 0. The smallest absolute Gasteiger partial charge is 0.0682 e. The fourth-order valence-electron chi connectivity index (χ4n) is 2.20. The van der Waals surface area contributed by atoms with Crippen LogP contribution in [0.3, 0.4) is 0 Å². The van der Waals surface area contributed by atoms with Gasteiger partial charge in [-0.05, 0) is 41.2 Å². The van der Waals surface area contributed by atoms with Crippen LogP contribution < -0.4 is 0 Å². The Balaban J connectivity index is 2.47. The van der Waals surface area contributed by atoms with Crippen LogP contribution in [0.5, 0.6) is 0 Å². The van der Waals surface area contributed by atoms with Crippen LogP contribution in [0.2, 0.25) is 0 Å². The molecule has 1 N–H and O–H groups in total. The van der Waals surface area contributed by atoms with Crippen molar-refractivity contribution in [2.24, 2.45) is 0 Å². The van der Waals surface area contributed by atoms with Gasteiger partial charge in [-0.1, -0.05) is 55.8 Å². The Morgan fingerprint density at radius 1 is 1.00 bits per heavy atom. The lowest BCUT2D eigenvalue weighted by Crippen LogP contribution is -1.90. The fraction of sp³-hybridized carbons (Fsp3) is 0.294. The highest BCUT2D eigenvalue weighted by Crippen LogP contribution is 2.25. The number of aryl methyl sites for hydroxylation is 1. The average molecular weight is 240 g/mol. The first kappa shape index (κ1) is 12.8. The van der Waals surface area contributed by atoms with Gasteiger partial charge in [0.05, 0.1) is 6.61 Å². The Hall–Kier alpha value is -1.60. The van der Waals surface area contributed by atoms with Gasteiger partial charge in [-0.25, -0.2) is 0 Å². The molecule has 0 spiro atoms. The topological polar surface area (TPSA) is 20.2 Å². The Bertz CT molecular complexity index is 541. The number of hydrogen-bond acceptors (Lipinski definition) is 1. The van der Waals surface area contributed by atoms with Crippen molar-refractivity contribution in [2.75, 3.05) is 0 Å². The van der Waals surface area contributed by atoms with Gasteiger partial charge in [0.2, 0.25) is 0 Å². The van der Waals surface area contributed by atoms with Crippen molar-refractivity contribution >= 4 is 0 Å². The van der Waals surface area contributed by atoms with E-state index in [1.165, 1.54) is 22.3 Å². The summed E-state index contributed by atoms with van der Waals surface area (Å²) < 4.78 is 0. The van der Waals surface area contributed by atoms with Crippen molar-refractivity contribution in [3.8, 4) is 11.1 Å². The third kappa shape index (κ3) is 2.80. The second-order valence-corrected chi connectivity index (χ2v) is 5.15. The largest absolute Gasteiger partial charge is 0.392 e. The van der Waals surface area contributed by atoms with E-state index in [2.05, 4.69) is 57.2 Å². The summed E-state index contributed by atoms with van der Waals surface area (Å²) in [5.41, 5.74) is 5.91. The molecule has 2 aromatic carbocycles. The Morgan fingerprint density at radius 2 is 1.78 bits per heavy atom. The number of hydrogen-bond donors (Lipinski definition) is 1. The van der Waals surface area contributed by atoms with Crippen LogP contribution in [0.15, 0.2) is 42.5 Å². The molecule has 0 aliphatic heterocycles.